The summed E-state index contributed by atoms with van der Waals surface area (Å²) in [6.07, 6.45) is 1.72. The molecular formula is C19H19N3OS. The molecule has 0 radical (unpaired) electrons. The lowest BCUT2D eigenvalue weighted by atomic mass is 10.2. The number of carbonyl (C=O) groups excluding carboxylic acids is 1. The van der Waals surface area contributed by atoms with E-state index in [9.17, 15) is 4.79 Å². The second-order valence-electron chi connectivity index (χ2n) is 5.94. The van der Waals surface area contributed by atoms with E-state index in [2.05, 4.69) is 23.0 Å². The highest BCUT2D eigenvalue weighted by Gasteiger charge is 2.30. The molecule has 1 atom stereocenters. The van der Waals surface area contributed by atoms with Gasteiger partial charge in [0.05, 0.1) is 16.3 Å². The Morgan fingerprint density at radius 2 is 2.04 bits per heavy atom. The number of fused-ring (bicyclic) bond motifs is 2. The molecular weight excluding hydrogens is 318 g/mol. The van der Waals surface area contributed by atoms with Gasteiger partial charge in [-0.15, -0.1) is 0 Å². The largest absolute Gasteiger partial charge is 0.333 e. The number of hydrogen-bond donors (Lipinski definition) is 1. The fraction of sp³-hybridized carbons (Fsp3) is 0.263. The number of carbonyl (C=O) groups is 1. The van der Waals surface area contributed by atoms with Crippen LogP contribution in [-0.2, 0) is 11.2 Å². The second-order valence-corrected chi connectivity index (χ2v) is 7.13. The number of anilines is 1. The van der Waals surface area contributed by atoms with Crippen LogP contribution >= 0.6 is 11.8 Å². The summed E-state index contributed by atoms with van der Waals surface area (Å²) in [5, 5.41) is 0.681. The van der Waals surface area contributed by atoms with Gasteiger partial charge >= 0.3 is 0 Å². The Balaban J connectivity index is 1.56. The van der Waals surface area contributed by atoms with Crippen molar-refractivity contribution in [2.45, 2.75) is 30.2 Å². The van der Waals surface area contributed by atoms with Gasteiger partial charge in [-0.25, -0.2) is 4.98 Å². The van der Waals surface area contributed by atoms with Gasteiger partial charge in [0.15, 0.2) is 5.16 Å². The first-order chi connectivity index (χ1) is 11.8. The number of aromatic amines is 1. The van der Waals surface area contributed by atoms with Gasteiger partial charge < -0.3 is 9.88 Å². The average Bonchev–Trinajstić information content (AvgIpc) is 3.22. The third-order valence-electron chi connectivity index (χ3n) is 4.42. The van der Waals surface area contributed by atoms with Gasteiger partial charge in [-0.1, -0.05) is 49.0 Å². The van der Waals surface area contributed by atoms with E-state index in [1.54, 1.807) is 0 Å². The van der Waals surface area contributed by atoms with E-state index in [0.717, 1.165) is 41.3 Å². The van der Waals surface area contributed by atoms with Crippen molar-refractivity contribution >= 4 is 34.4 Å². The minimum Gasteiger partial charge on any atom is -0.333 e. The van der Waals surface area contributed by atoms with E-state index < -0.39 is 0 Å². The molecule has 0 saturated carbocycles. The highest BCUT2D eigenvalue weighted by Crippen LogP contribution is 2.32. The molecule has 1 aliphatic heterocycles. The Hall–Kier alpha value is -2.27. The Labute approximate surface area is 145 Å². The molecule has 1 aromatic heterocycles. The quantitative estimate of drug-likeness (QED) is 0.732. The number of imidazole rings is 1. The fourth-order valence-corrected chi connectivity index (χ4v) is 4.15. The molecule has 1 amide bonds. The van der Waals surface area contributed by atoms with E-state index >= 15 is 0 Å². The molecule has 0 fully saturated rings. The maximum absolute atomic E-state index is 13.0. The average molecular weight is 337 g/mol. The lowest BCUT2D eigenvalue weighted by Crippen LogP contribution is -2.36. The Kier molecular flexibility index (Phi) is 4.02. The van der Waals surface area contributed by atoms with Gasteiger partial charge in [-0.05, 0) is 36.6 Å². The van der Waals surface area contributed by atoms with Crippen molar-refractivity contribution in [3.8, 4) is 0 Å². The molecule has 0 saturated heterocycles. The molecule has 4 nitrogen and oxygen atoms in total. The summed E-state index contributed by atoms with van der Waals surface area (Å²) in [6.45, 7) is 2.83. The molecule has 4 rings (SSSR count). The van der Waals surface area contributed by atoms with Gasteiger partial charge in [0.25, 0.3) is 0 Å². The number of benzene rings is 2. The Morgan fingerprint density at radius 3 is 2.88 bits per heavy atom. The summed E-state index contributed by atoms with van der Waals surface area (Å²) in [5.41, 5.74) is 4.27. The highest BCUT2D eigenvalue weighted by atomic mass is 32.2. The normalized spacial score (nSPS) is 14.8. The number of nitrogens with one attached hydrogen (secondary N) is 1. The molecule has 0 spiro atoms. The zero-order chi connectivity index (χ0) is 16.5. The van der Waals surface area contributed by atoms with Crippen LogP contribution in [0.25, 0.3) is 11.0 Å². The van der Waals surface area contributed by atoms with Crippen molar-refractivity contribution in [2.24, 2.45) is 0 Å². The minimum atomic E-state index is -0.128. The Morgan fingerprint density at radius 1 is 1.25 bits per heavy atom. The van der Waals surface area contributed by atoms with Crippen LogP contribution in [0.1, 0.15) is 18.9 Å². The maximum atomic E-state index is 13.0. The zero-order valence-electron chi connectivity index (χ0n) is 13.5. The number of aromatic nitrogens is 2. The van der Waals surface area contributed by atoms with Crippen LogP contribution in [0.2, 0.25) is 0 Å². The third kappa shape index (κ3) is 2.69. The predicted molar refractivity (Wildman–Crippen MR) is 98.5 cm³/mol. The molecule has 1 N–H and O–H groups in total. The predicted octanol–water partition coefficient (Wildman–Crippen LogP) is 4.02. The van der Waals surface area contributed by atoms with Crippen LogP contribution in [0.4, 0.5) is 5.69 Å². The van der Waals surface area contributed by atoms with Crippen molar-refractivity contribution in [3.05, 3.63) is 54.1 Å². The molecule has 122 valence electrons. The molecule has 5 heteroatoms. The van der Waals surface area contributed by atoms with Crippen molar-refractivity contribution in [3.63, 3.8) is 0 Å². The van der Waals surface area contributed by atoms with E-state index in [1.165, 1.54) is 17.3 Å². The molecule has 0 aliphatic carbocycles. The zero-order valence-corrected chi connectivity index (χ0v) is 14.3. The Bertz CT molecular complexity index is 856. The van der Waals surface area contributed by atoms with E-state index in [4.69, 9.17) is 0 Å². The van der Waals surface area contributed by atoms with Crippen molar-refractivity contribution in [1.82, 2.24) is 9.97 Å². The molecule has 2 aromatic carbocycles. The van der Waals surface area contributed by atoms with Gasteiger partial charge in [0, 0.05) is 12.2 Å². The smallest absolute Gasteiger partial charge is 0.240 e. The van der Waals surface area contributed by atoms with Crippen LogP contribution in [0.15, 0.2) is 53.7 Å². The summed E-state index contributed by atoms with van der Waals surface area (Å²) in [6, 6.07) is 16.1. The molecule has 3 aromatic rings. The first-order valence-corrected chi connectivity index (χ1v) is 9.15. The van der Waals surface area contributed by atoms with Gasteiger partial charge in [-0.3, -0.25) is 4.79 Å². The molecule has 0 bridgehead atoms. The van der Waals surface area contributed by atoms with Crippen LogP contribution < -0.4 is 4.90 Å². The third-order valence-corrected chi connectivity index (χ3v) is 5.66. The number of H-pyrrole nitrogens is 1. The minimum absolute atomic E-state index is 0.128. The van der Waals surface area contributed by atoms with Crippen LogP contribution in [0.5, 0.6) is 0 Å². The SMILES string of the molecule is CCC(Sc1nc2ccccc2[nH]1)C(=O)N1CCc2ccccc21. The number of hydrogen-bond acceptors (Lipinski definition) is 3. The highest BCUT2D eigenvalue weighted by molar-refractivity contribution is 8.00. The van der Waals surface area contributed by atoms with Crippen LogP contribution in [-0.4, -0.2) is 27.7 Å². The topological polar surface area (TPSA) is 49.0 Å². The molecule has 24 heavy (non-hydrogen) atoms. The summed E-state index contributed by atoms with van der Waals surface area (Å²) in [7, 11) is 0. The number of thioether (sulfide) groups is 1. The molecule has 1 unspecified atom stereocenters. The van der Waals surface area contributed by atoms with Crippen molar-refractivity contribution < 1.29 is 4.79 Å². The van der Waals surface area contributed by atoms with E-state index in [0.29, 0.717) is 0 Å². The molecule has 2 heterocycles. The second kappa shape index (κ2) is 6.32. The summed E-state index contributed by atoms with van der Waals surface area (Å²) < 4.78 is 0. The number of amides is 1. The summed E-state index contributed by atoms with van der Waals surface area (Å²) in [4.78, 5) is 22.8. The van der Waals surface area contributed by atoms with Crippen LogP contribution in [0, 0.1) is 0 Å². The van der Waals surface area contributed by atoms with Crippen LogP contribution in [0.3, 0.4) is 0 Å². The van der Waals surface area contributed by atoms with E-state index in [-0.39, 0.29) is 11.2 Å². The van der Waals surface area contributed by atoms with Gasteiger partial charge in [0.2, 0.25) is 5.91 Å². The lowest BCUT2D eigenvalue weighted by Gasteiger charge is -2.22. The maximum Gasteiger partial charge on any atom is 0.240 e. The standard InChI is InChI=1S/C19H19N3OS/c1-2-17(24-19-20-14-8-4-5-9-15(14)21-19)18(23)22-12-11-13-7-3-6-10-16(13)22/h3-10,17H,2,11-12H2,1H3,(H,20,21). The molecule has 1 aliphatic rings. The fourth-order valence-electron chi connectivity index (χ4n) is 3.17. The van der Waals surface area contributed by atoms with Gasteiger partial charge in [-0.2, -0.15) is 0 Å². The van der Waals surface area contributed by atoms with Crippen molar-refractivity contribution in [1.29, 1.82) is 0 Å². The van der Waals surface area contributed by atoms with Crippen molar-refractivity contribution in [2.75, 3.05) is 11.4 Å². The number of para-hydroxylation sites is 3. The first kappa shape index (κ1) is 15.3. The number of nitrogens with zero attached hydrogens (tertiary/aromatic N) is 2. The summed E-state index contributed by atoms with van der Waals surface area (Å²) in [5.74, 6) is 0.174. The van der Waals surface area contributed by atoms with Gasteiger partial charge in [0.1, 0.15) is 0 Å². The number of rotatable bonds is 4. The monoisotopic (exact) mass is 337 g/mol. The summed E-state index contributed by atoms with van der Waals surface area (Å²) >= 11 is 1.53. The van der Waals surface area contributed by atoms with E-state index in [1.807, 2.05) is 47.4 Å². The lowest BCUT2D eigenvalue weighted by molar-refractivity contribution is -0.118. The first-order valence-electron chi connectivity index (χ1n) is 8.27.